The molecule has 0 aromatic heterocycles. The topological polar surface area (TPSA) is 20.2 Å². The summed E-state index contributed by atoms with van der Waals surface area (Å²) in [5.41, 5.74) is 4.89. The van der Waals surface area contributed by atoms with E-state index in [-0.39, 0.29) is 6.10 Å². The Labute approximate surface area is 198 Å². The molecule has 3 saturated carbocycles. The summed E-state index contributed by atoms with van der Waals surface area (Å²) >= 11 is 0. The first-order chi connectivity index (χ1) is 15.2. The van der Waals surface area contributed by atoms with E-state index in [2.05, 4.69) is 77.7 Å². The molecular formula is C31H48O. The van der Waals surface area contributed by atoms with E-state index in [1.165, 1.54) is 56.1 Å². The average molecular weight is 437 g/mol. The lowest BCUT2D eigenvalue weighted by Crippen LogP contribution is -2.35. The smallest absolute Gasteiger partial charge is 0.0583 e. The van der Waals surface area contributed by atoms with Gasteiger partial charge in [0, 0.05) is 0 Å². The predicted octanol–water partition coefficient (Wildman–Crippen LogP) is 8.73. The summed E-state index contributed by atoms with van der Waals surface area (Å²) in [5, 5.41) is 10.1. The minimum Gasteiger partial charge on any atom is -0.393 e. The standard InChI is InChI=1S/C31H48O/c1-7-30(5,8-2)20-10-9-12-24(4)28-18-19-29-25(13-11-21-31(28,29)6)15-16-26-22-27(32)17-14-23(26)3/h9-10,12,15-16,20,24,27-29,32H,3,7-8,11,13-14,17-19,21-22H2,1-2,4-6H3/b12-9+,20-10+,25-15+,26-16-/t24?,27-,28?,29-,31+/m0/s1. The Morgan fingerprint density at radius 3 is 2.59 bits per heavy atom. The van der Waals surface area contributed by atoms with Gasteiger partial charge in [-0.15, -0.1) is 0 Å². The van der Waals surface area contributed by atoms with Crippen LogP contribution >= 0.6 is 0 Å². The maximum Gasteiger partial charge on any atom is 0.0583 e. The lowest BCUT2D eigenvalue weighted by molar-refractivity contribution is 0.112. The van der Waals surface area contributed by atoms with Gasteiger partial charge in [0.05, 0.1) is 6.10 Å². The minimum absolute atomic E-state index is 0.188. The quantitative estimate of drug-likeness (QED) is 0.395. The van der Waals surface area contributed by atoms with E-state index in [9.17, 15) is 5.11 Å². The molecule has 3 fully saturated rings. The highest BCUT2D eigenvalue weighted by Crippen LogP contribution is 2.59. The molecule has 0 bridgehead atoms. The zero-order valence-corrected chi connectivity index (χ0v) is 21.5. The van der Waals surface area contributed by atoms with Gasteiger partial charge in [0.25, 0.3) is 0 Å². The third kappa shape index (κ3) is 5.58. The SMILES string of the molecule is C=C1CC[C@H](O)C/C1=C/C=C1\CCC[C@]2(C)C(C(C)/C=C/C=C/C(C)(CC)CC)CC[C@@H]12. The minimum atomic E-state index is -0.188. The predicted molar refractivity (Wildman–Crippen MR) is 139 cm³/mol. The molecule has 0 saturated heterocycles. The lowest BCUT2D eigenvalue weighted by Gasteiger charge is -2.44. The van der Waals surface area contributed by atoms with E-state index in [0.29, 0.717) is 16.7 Å². The zero-order chi connectivity index (χ0) is 23.4. The van der Waals surface area contributed by atoms with Crippen molar-refractivity contribution < 1.29 is 5.11 Å². The number of aliphatic hydroxyl groups excluding tert-OH is 1. The highest BCUT2D eigenvalue weighted by atomic mass is 16.3. The first kappa shape index (κ1) is 25.3. The summed E-state index contributed by atoms with van der Waals surface area (Å²) in [5.74, 6) is 2.11. The molecule has 5 atom stereocenters. The molecule has 178 valence electrons. The molecule has 3 aliphatic carbocycles. The third-order valence-electron chi connectivity index (χ3n) is 9.50. The van der Waals surface area contributed by atoms with E-state index in [0.717, 1.165) is 31.1 Å². The van der Waals surface area contributed by atoms with E-state index in [1.54, 1.807) is 5.57 Å². The molecule has 0 aliphatic heterocycles. The molecule has 1 heteroatoms. The van der Waals surface area contributed by atoms with Crippen LogP contribution in [0.25, 0.3) is 0 Å². The second kappa shape index (κ2) is 10.7. The van der Waals surface area contributed by atoms with Crippen LogP contribution < -0.4 is 0 Å². The van der Waals surface area contributed by atoms with Gasteiger partial charge >= 0.3 is 0 Å². The van der Waals surface area contributed by atoms with Crippen LogP contribution in [0.4, 0.5) is 0 Å². The van der Waals surface area contributed by atoms with Crippen LogP contribution in [-0.2, 0) is 0 Å². The number of fused-ring (bicyclic) bond motifs is 1. The molecule has 0 radical (unpaired) electrons. The van der Waals surface area contributed by atoms with Gasteiger partial charge in [-0.25, -0.2) is 0 Å². The Morgan fingerprint density at radius 2 is 1.88 bits per heavy atom. The average Bonchev–Trinajstić information content (AvgIpc) is 3.14. The first-order valence-corrected chi connectivity index (χ1v) is 13.3. The van der Waals surface area contributed by atoms with Crippen LogP contribution in [0.1, 0.15) is 98.8 Å². The van der Waals surface area contributed by atoms with Crippen LogP contribution in [0.5, 0.6) is 0 Å². The monoisotopic (exact) mass is 436 g/mol. The van der Waals surface area contributed by atoms with Crippen molar-refractivity contribution >= 4 is 0 Å². The third-order valence-corrected chi connectivity index (χ3v) is 9.50. The Bertz CT molecular complexity index is 774. The van der Waals surface area contributed by atoms with Gasteiger partial charge < -0.3 is 5.11 Å². The zero-order valence-electron chi connectivity index (χ0n) is 21.5. The molecule has 0 aromatic carbocycles. The van der Waals surface area contributed by atoms with E-state index >= 15 is 0 Å². The van der Waals surface area contributed by atoms with Gasteiger partial charge in [0.2, 0.25) is 0 Å². The first-order valence-electron chi connectivity index (χ1n) is 13.3. The van der Waals surface area contributed by atoms with Gasteiger partial charge in [0.1, 0.15) is 0 Å². The molecular weight excluding hydrogens is 388 g/mol. The number of aliphatic hydroxyl groups is 1. The molecule has 32 heavy (non-hydrogen) atoms. The van der Waals surface area contributed by atoms with Crippen LogP contribution in [0.15, 0.2) is 59.8 Å². The molecule has 2 unspecified atom stereocenters. The van der Waals surface area contributed by atoms with Crippen molar-refractivity contribution in [1.82, 2.24) is 0 Å². The number of allylic oxidation sites excluding steroid dienone is 8. The highest BCUT2D eigenvalue weighted by Gasteiger charge is 2.50. The molecule has 0 heterocycles. The number of hydrogen-bond acceptors (Lipinski definition) is 1. The molecule has 0 spiro atoms. The molecule has 1 nitrogen and oxygen atoms in total. The summed E-state index contributed by atoms with van der Waals surface area (Å²) < 4.78 is 0. The maximum absolute atomic E-state index is 10.1. The summed E-state index contributed by atoms with van der Waals surface area (Å²) in [6.07, 6.45) is 25.6. The van der Waals surface area contributed by atoms with Crippen LogP contribution in [0, 0.1) is 28.6 Å². The fourth-order valence-electron chi connectivity index (χ4n) is 6.69. The van der Waals surface area contributed by atoms with Crippen LogP contribution in [0.2, 0.25) is 0 Å². The Kier molecular flexibility index (Phi) is 8.48. The summed E-state index contributed by atoms with van der Waals surface area (Å²) in [6, 6.07) is 0. The summed E-state index contributed by atoms with van der Waals surface area (Å²) in [7, 11) is 0. The molecule has 1 N–H and O–H groups in total. The largest absolute Gasteiger partial charge is 0.393 e. The molecule has 0 aromatic rings. The second-order valence-corrected chi connectivity index (χ2v) is 11.5. The fourth-order valence-corrected chi connectivity index (χ4v) is 6.69. The maximum atomic E-state index is 10.1. The van der Waals surface area contributed by atoms with Crippen molar-refractivity contribution in [3.63, 3.8) is 0 Å². The van der Waals surface area contributed by atoms with Gasteiger partial charge in [-0.1, -0.05) is 88.8 Å². The van der Waals surface area contributed by atoms with E-state index < -0.39 is 0 Å². The fraction of sp³-hybridized carbons (Fsp3) is 0.677. The number of rotatable bonds is 7. The highest BCUT2D eigenvalue weighted by molar-refractivity contribution is 5.36. The lowest BCUT2D eigenvalue weighted by atomic mass is 9.61. The van der Waals surface area contributed by atoms with Crippen molar-refractivity contribution in [1.29, 1.82) is 0 Å². The van der Waals surface area contributed by atoms with Gasteiger partial charge in [-0.3, -0.25) is 0 Å². The van der Waals surface area contributed by atoms with Crippen molar-refractivity contribution in [3.8, 4) is 0 Å². The van der Waals surface area contributed by atoms with Crippen molar-refractivity contribution in [3.05, 3.63) is 59.8 Å². The van der Waals surface area contributed by atoms with Crippen molar-refractivity contribution in [2.45, 2.75) is 105 Å². The van der Waals surface area contributed by atoms with Crippen LogP contribution in [0.3, 0.4) is 0 Å². The number of hydrogen-bond donors (Lipinski definition) is 1. The van der Waals surface area contributed by atoms with Gasteiger partial charge in [-0.2, -0.15) is 0 Å². The second-order valence-electron chi connectivity index (χ2n) is 11.5. The Morgan fingerprint density at radius 1 is 1.12 bits per heavy atom. The summed E-state index contributed by atoms with van der Waals surface area (Å²) in [4.78, 5) is 0. The van der Waals surface area contributed by atoms with Crippen molar-refractivity contribution in [2.24, 2.45) is 28.6 Å². The van der Waals surface area contributed by atoms with Crippen LogP contribution in [-0.4, -0.2) is 11.2 Å². The molecule has 0 amide bonds. The van der Waals surface area contributed by atoms with Gasteiger partial charge in [-0.05, 0) is 98.4 Å². The summed E-state index contributed by atoms with van der Waals surface area (Å²) in [6.45, 7) is 16.2. The molecule has 3 aliphatic rings. The Balaban J connectivity index is 1.70. The Hall–Kier alpha value is -1.34. The van der Waals surface area contributed by atoms with Gasteiger partial charge in [0.15, 0.2) is 0 Å². The van der Waals surface area contributed by atoms with E-state index in [1.807, 2.05) is 0 Å². The molecule has 3 rings (SSSR count). The van der Waals surface area contributed by atoms with E-state index in [4.69, 9.17) is 0 Å². The normalized spacial score (nSPS) is 35.3. The van der Waals surface area contributed by atoms with Crippen molar-refractivity contribution in [2.75, 3.05) is 0 Å².